The van der Waals surface area contributed by atoms with Crippen LogP contribution < -0.4 is 0 Å². The zero-order valence-electron chi connectivity index (χ0n) is 12.0. The highest BCUT2D eigenvalue weighted by Crippen LogP contribution is 2.27. The van der Waals surface area contributed by atoms with E-state index in [1.54, 1.807) is 16.4 Å². The SMILES string of the molecule is Cc1ccccc1S(=O)(=O)N1CC(C)C(N(C)C)C1. The number of sulfonamides is 1. The molecule has 1 aliphatic heterocycles. The number of benzene rings is 1. The van der Waals surface area contributed by atoms with E-state index in [1.165, 1.54) is 0 Å². The molecular weight excluding hydrogens is 260 g/mol. The van der Waals surface area contributed by atoms with E-state index in [0.717, 1.165) is 5.56 Å². The predicted molar refractivity (Wildman–Crippen MR) is 76.6 cm³/mol. The van der Waals surface area contributed by atoms with Gasteiger partial charge in [-0.3, -0.25) is 0 Å². The second-order valence-corrected chi connectivity index (χ2v) is 7.50. The molecule has 0 aliphatic carbocycles. The molecule has 0 spiro atoms. The Morgan fingerprint density at radius 2 is 1.84 bits per heavy atom. The minimum atomic E-state index is -3.36. The second kappa shape index (κ2) is 5.23. The smallest absolute Gasteiger partial charge is 0.243 e. The first-order valence-electron chi connectivity index (χ1n) is 6.56. The van der Waals surface area contributed by atoms with E-state index in [-0.39, 0.29) is 0 Å². The number of hydrogen-bond donors (Lipinski definition) is 0. The predicted octanol–water partition coefficient (Wildman–Crippen LogP) is 1.57. The molecule has 106 valence electrons. The molecule has 1 saturated heterocycles. The lowest BCUT2D eigenvalue weighted by Crippen LogP contribution is -2.35. The fourth-order valence-corrected chi connectivity index (χ4v) is 4.54. The van der Waals surface area contributed by atoms with Crippen molar-refractivity contribution in [2.75, 3.05) is 27.2 Å². The molecule has 5 heteroatoms. The van der Waals surface area contributed by atoms with Crippen molar-refractivity contribution in [2.24, 2.45) is 5.92 Å². The molecule has 1 heterocycles. The minimum absolute atomic E-state index is 0.291. The van der Waals surface area contributed by atoms with Crippen LogP contribution in [0.5, 0.6) is 0 Å². The summed E-state index contributed by atoms with van der Waals surface area (Å²) in [7, 11) is 0.648. The Morgan fingerprint density at radius 1 is 1.21 bits per heavy atom. The van der Waals surface area contributed by atoms with Gasteiger partial charge < -0.3 is 4.90 Å². The van der Waals surface area contributed by atoms with Crippen molar-refractivity contribution in [1.82, 2.24) is 9.21 Å². The third kappa shape index (κ3) is 2.68. The van der Waals surface area contributed by atoms with Crippen LogP contribution in [0.4, 0.5) is 0 Å². The van der Waals surface area contributed by atoms with Crippen molar-refractivity contribution in [1.29, 1.82) is 0 Å². The van der Waals surface area contributed by atoms with Crippen LogP contribution in [0.15, 0.2) is 29.2 Å². The van der Waals surface area contributed by atoms with Crippen molar-refractivity contribution >= 4 is 10.0 Å². The standard InChI is InChI=1S/C14H22N2O2S/c1-11-7-5-6-8-14(11)19(17,18)16-9-12(2)13(10-16)15(3)4/h5-8,12-13H,9-10H2,1-4H3. The summed E-state index contributed by atoms with van der Waals surface area (Å²) in [4.78, 5) is 2.54. The van der Waals surface area contributed by atoms with Gasteiger partial charge in [-0.15, -0.1) is 0 Å². The van der Waals surface area contributed by atoms with Crippen LogP contribution in [0.1, 0.15) is 12.5 Å². The molecule has 2 rings (SSSR count). The maximum atomic E-state index is 12.7. The average molecular weight is 282 g/mol. The van der Waals surface area contributed by atoms with Crippen LogP contribution in [0.25, 0.3) is 0 Å². The minimum Gasteiger partial charge on any atom is -0.305 e. The second-order valence-electron chi connectivity index (χ2n) is 5.60. The van der Waals surface area contributed by atoms with E-state index in [2.05, 4.69) is 11.8 Å². The Balaban J connectivity index is 2.30. The number of hydrogen-bond acceptors (Lipinski definition) is 3. The largest absolute Gasteiger partial charge is 0.305 e. The monoisotopic (exact) mass is 282 g/mol. The molecule has 0 radical (unpaired) electrons. The summed E-state index contributed by atoms with van der Waals surface area (Å²) < 4.78 is 27.0. The van der Waals surface area contributed by atoms with E-state index >= 15 is 0 Å². The van der Waals surface area contributed by atoms with Crippen molar-refractivity contribution in [2.45, 2.75) is 24.8 Å². The van der Waals surface area contributed by atoms with Gasteiger partial charge in [-0.2, -0.15) is 4.31 Å². The van der Waals surface area contributed by atoms with Crippen molar-refractivity contribution in [3.05, 3.63) is 29.8 Å². The fourth-order valence-electron chi connectivity index (χ4n) is 2.76. The van der Waals surface area contributed by atoms with Gasteiger partial charge in [0.2, 0.25) is 10.0 Å². The molecular formula is C14H22N2O2S. The quantitative estimate of drug-likeness (QED) is 0.845. The summed E-state index contributed by atoms with van der Waals surface area (Å²) in [6, 6.07) is 7.47. The lowest BCUT2D eigenvalue weighted by molar-refractivity contribution is 0.263. The molecule has 0 saturated carbocycles. The van der Waals surface area contributed by atoms with Crippen LogP contribution in [-0.2, 0) is 10.0 Å². The van der Waals surface area contributed by atoms with Crippen LogP contribution in [0, 0.1) is 12.8 Å². The van der Waals surface area contributed by atoms with E-state index < -0.39 is 10.0 Å². The van der Waals surface area contributed by atoms with Gasteiger partial charge in [0.1, 0.15) is 0 Å². The van der Waals surface area contributed by atoms with Gasteiger partial charge in [0.25, 0.3) is 0 Å². The van der Waals surface area contributed by atoms with Gasteiger partial charge in [0.05, 0.1) is 4.90 Å². The van der Waals surface area contributed by atoms with Gasteiger partial charge in [0.15, 0.2) is 0 Å². The number of aryl methyl sites for hydroxylation is 1. The van der Waals surface area contributed by atoms with Gasteiger partial charge >= 0.3 is 0 Å². The molecule has 0 aromatic heterocycles. The molecule has 1 aromatic carbocycles. The molecule has 0 amide bonds. The first kappa shape index (κ1) is 14.5. The zero-order valence-corrected chi connectivity index (χ0v) is 12.8. The first-order valence-corrected chi connectivity index (χ1v) is 8.00. The first-order chi connectivity index (χ1) is 8.84. The number of rotatable bonds is 3. The maximum Gasteiger partial charge on any atom is 0.243 e. The Hall–Kier alpha value is -0.910. The van der Waals surface area contributed by atoms with Gasteiger partial charge in [-0.1, -0.05) is 25.1 Å². The highest BCUT2D eigenvalue weighted by Gasteiger charge is 2.38. The molecule has 19 heavy (non-hydrogen) atoms. The Kier molecular flexibility index (Phi) is 3.99. The lowest BCUT2D eigenvalue weighted by atomic mass is 10.1. The third-order valence-electron chi connectivity index (χ3n) is 3.91. The molecule has 4 nitrogen and oxygen atoms in total. The highest BCUT2D eigenvalue weighted by atomic mass is 32.2. The Bertz CT molecular complexity index is 554. The van der Waals surface area contributed by atoms with Crippen LogP contribution in [-0.4, -0.2) is 50.8 Å². The summed E-state index contributed by atoms with van der Waals surface area (Å²) in [6.07, 6.45) is 0. The van der Waals surface area contributed by atoms with Crippen LogP contribution in [0.2, 0.25) is 0 Å². The molecule has 0 N–H and O–H groups in total. The van der Waals surface area contributed by atoms with Crippen molar-refractivity contribution in [3.8, 4) is 0 Å². The summed E-state index contributed by atoms with van der Waals surface area (Å²) in [5.74, 6) is 0.355. The molecule has 0 bridgehead atoms. The van der Waals surface area contributed by atoms with Gasteiger partial charge in [-0.25, -0.2) is 8.42 Å². The molecule has 2 unspecified atom stereocenters. The Labute approximate surface area is 116 Å². The molecule has 1 aliphatic rings. The molecule has 1 aromatic rings. The van der Waals surface area contributed by atoms with Crippen LogP contribution >= 0.6 is 0 Å². The molecule has 2 atom stereocenters. The van der Waals surface area contributed by atoms with E-state index in [9.17, 15) is 8.42 Å². The summed E-state index contributed by atoms with van der Waals surface area (Å²) in [5, 5.41) is 0. The zero-order chi connectivity index (χ0) is 14.2. The lowest BCUT2D eigenvalue weighted by Gasteiger charge is -2.22. The van der Waals surface area contributed by atoms with Crippen molar-refractivity contribution in [3.63, 3.8) is 0 Å². The normalized spacial score (nSPS) is 25.1. The number of likely N-dealkylation sites (N-methyl/N-ethyl adjacent to an activating group) is 1. The fraction of sp³-hybridized carbons (Fsp3) is 0.571. The summed E-state index contributed by atoms with van der Waals surface area (Å²) in [6.45, 7) is 5.12. The third-order valence-corrected chi connectivity index (χ3v) is 5.91. The summed E-state index contributed by atoms with van der Waals surface area (Å²) >= 11 is 0. The van der Waals surface area contributed by atoms with E-state index in [1.807, 2.05) is 33.2 Å². The maximum absolute atomic E-state index is 12.7. The average Bonchev–Trinajstić information content (AvgIpc) is 2.72. The van der Waals surface area contributed by atoms with E-state index in [0.29, 0.717) is 29.9 Å². The van der Waals surface area contributed by atoms with Gasteiger partial charge in [-0.05, 0) is 38.6 Å². The van der Waals surface area contributed by atoms with Crippen LogP contribution in [0.3, 0.4) is 0 Å². The summed E-state index contributed by atoms with van der Waals surface area (Å²) in [5.41, 5.74) is 0.809. The Morgan fingerprint density at radius 3 is 2.37 bits per heavy atom. The number of nitrogens with zero attached hydrogens (tertiary/aromatic N) is 2. The van der Waals surface area contributed by atoms with Gasteiger partial charge in [0, 0.05) is 19.1 Å². The topological polar surface area (TPSA) is 40.6 Å². The van der Waals surface area contributed by atoms with E-state index in [4.69, 9.17) is 0 Å². The highest BCUT2D eigenvalue weighted by molar-refractivity contribution is 7.89. The van der Waals surface area contributed by atoms with Crippen molar-refractivity contribution < 1.29 is 8.42 Å². The molecule has 1 fully saturated rings.